The molecular formula is C24H20FN7O. The van der Waals surface area contributed by atoms with Gasteiger partial charge in [-0.05, 0) is 37.1 Å². The van der Waals surface area contributed by atoms with Crippen LogP contribution in [0.3, 0.4) is 0 Å². The summed E-state index contributed by atoms with van der Waals surface area (Å²) < 4.78 is 20.6. The SMILES string of the molecule is Fc1ccc(-c2noc(C3CCCN(c4cc(-c5ccccc5)nc5ncnn45)C3)n2)cc1. The third kappa shape index (κ3) is 3.71. The summed E-state index contributed by atoms with van der Waals surface area (Å²) in [6.07, 6.45) is 3.44. The van der Waals surface area contributed by atoms with Crippen LogP contribution < -0.4 is 4.90 Å². The van der Waals surface area contributed by atoms with Crippen molar-refractivity contribution in [3.63, 3.8) is 0 Å². The van der Waals surface area contributed by atoms with Crippen LogP contribution in [0.4, 0.5) is 10.2 Å². The first-order chi connectivity index (χ1) is 16.2. The van der Waals surface area contributed by atoms with Gasteiger partial charge >= 0.3 is 0 Å². The maximum Gasteiger partial charge on any atom is 0.254 e. The summed E-state index contributed by atoms with van der Waals surface area (Å²) >= 11 is 0. The first kappa shape index (κ1) is 19.5. The minimum Gasteiger partial charge on any atom is -0.356 e. The van der Waals surface area contributed by atoms with Gasteiger partial charge in [-0.15, -0.1) is 0 Å². The van der Waals surface area contributed by atoms with Crippen molar-refractivity contribution < 1.29 is 8.91 Å². The summed E-state index contributed by atoms with van der Waals surface area (Å²) in [6, 6.07) is 18.2. The molecule has 33 heavy (non-hydrogen) atoms. The van der Waals surface area contributed by atoms with Gasteiger partial charge in [0.05, 0.1) is 11.6 Å². The second-order valence-corrected chi connectivity index (χ2v) is 8.09. The van der Waals surface area contributed by atoms with Gasteiger partial charge in [0.25, 0.3) is 5.78 Å². The predicted molar refractivity (Wildman–Crippen MR) is 120 cm³/mol. The first-order valence-corrected chi connectivity index (χ1v) is 10.9. The zero-order chi connectivity index (χ0) is 22.2. The maximum atomic E-state index is 13.2. The molecular weight excluding hydrogens is 421 g/mol. The standard InChI is InChI=1S/C24H20FN7O/c25-19-10-8-17(9-11-19)22-29-23(33-30-22)18-7-4-12-31(14-18)21-13-20(16-5-2-1-3-6-16)28-24-26-15-27-32(21)24/h1-3,5-6,8-11,13,15,18H,4,7,12,14H2. The summed E-state index contributed by atoms with van der Waals surface area (Å²) in [5.41, 5.74) is 2.60. The van der Waals surface area contributed by atoms with Gasteiger partial charge in [-0.2, -0.15) is 19.6 Å². The van der Waals surface area contributed by atoms with Crippen molar-refractivity contribution in [1.29, 1.82) is 0 Å². The number of nitrogens with zero attached hydrogens (tertiary/aromatic N) is 7. The Morgan fingerprint density at radius 2 is 1.82 bits per heavy atom. The molecule has 0 N–H and O–H groups in total. The van der Waals surface area contributed by atoms with E-state index in [9.17, 15) is 4.39 Å². The van der Waals surface area contributed by atoms with E-state index >= 15 is 0 Å². The van der Waals surface area contributed by atoms with E-state index in [1.165, 1.54) is 18.5 Å². The highest BCUT2D eigenvalue weighted by Gasteiger charge is 2.28. The molecule has 6 rings (SSSR count). The van der Waals surface area contributed by atoms with Crippen molar-refractivity contribution in [3.8, 4) is 22.6 Å². The smallest absolute Gasteiger partial charge is 0.254 e. The zero-order valence-electron chi connectivity index (χ0n) is 17.7. The van der Waals surface area contributed by atoms with Crippen molar-refractivity contribution in [2.45, 2.75) is 18.8 Å². The topological polar surface area (TPSA) is 85.2 Å². The number of anilines is 1. The van der Waals surface area contributed by atoms with Crippen LogP contribution in [0.1, 0.15) is 24.7 Å². The Balaban J connectivity index is 1.31. The van der Waals surface area contributed by atoms with Crippen LogP contribution in [-0.4, -0.2) is 42.8 Å². The average Bonchev–Trinajstić information content (AvgIpc) is 3.55. The Hall–Kier alpha value is -4.14. The lowest BCUT2D eigenvalue weighted by molar-refractivity contribution is 0.333. The van der Waals surface area contributed by atoms with Gasteiger partial charge in [0.2, 0.25) is 11.7 Å². The van der Waals surface area contributed by atoms with Crippen molar-refractivity contribution in [2.75, 3.05) is 18.0 Å². The van der Waals surface area contributed by atoms with Gasteiger partial charge in [0.1, 0.15) is 18.0 Å². The van der Waals surface area contributed by atoms with Crippen molar-refractivity contribution >= 4 is 11.6 Å². The van der Waals surface area contributed by atoms with Crippen molar-refractivity contribution in [3.05, 3.63) is 78.7 Å². The Bertz CT molecular complexity index is 1400. The molecule has 1 aliphatic rings. The molecule has 1 unspecified atom stereocenters. The number of aromatic nitrogens is 6. The Morgan fingerprint density at radius 3 is 2.67 bits per heavy atom. The van der Waals surface area contributed by atoms with Crippen molar-refractivity contribution in [2.24, 2.45) is 0 Å². The van der Waals surface area contributed by atoms with E-state index in [-0.39, 0.29) is 11.7 Å². The molecule has 0 bridgehead atoms. The molecule has 1 saturated heterocycles. The van der Waals surface area contributed by atoms with Crippen LogP contribution in [0.2, 0.25) is 0 Å². The van der Waals surface area contributed by atoms with Gasteiger partial charge in [0.15, 0.2) is 0 Å². The van der Waals surface area contributed by atoms with Crippen LogP contribution >= 0.6 is 0 Å². The van der Waals surface area contributed by atoms with Gasteiger partial charge in [-0.1, -0.05) is 35.5 Å². The number of benzene rings is 2. The first-order valence-electron chi connectivity index (χ1n) is 10.9. The fraction of sp³-hybridized carbons (Fsp3) is 0.208. The van der Waals surface area contributed by atoms with Gasteiger partial charge in [-0.3, -0.25) is 0 Å². The third-order valence-corrected chi connectivity index (χ3v) is 5.94. The molecule has 0 aliphatic carbocycles. The largest absolute Gasteiger partial charge is 0.356 e. The fourth-order valence-electron chi connectivity index (χ4n) is 4.28. The van der Waals surface area contributed by atoms with Gasteiger partial charge in [-0.25, -0.2) is 9.37 Å². The summed E-state index contributed by atoms with van der Waals surface area (Å²) in [4.78, 5) is 15.9. The third-order valence-electron chi connectivity index (χ3n) is 5.94. The van der Waals surface area contributed by atoms with E-state index < -0.39 is 0 Å². The van der Waals surface area contributed by atoms with E-state index in [0.29, 0.717) is 24.0 Å². The molecule has 164 valence electrons. The highest BCUT2D eigenvalue weighted by atomic mass is 19.1. The fourth-order valence-corrected chi connectivity index (χ4v) is 4.28. The molecule has 1 atom stereocenters. The van der Waals surface area contributed by atoms with E-state index in [1.54, 1.807) is 16.6 Å². The number of piperidine rings is 1. The summed E-state index contributed by atoms with van der Waals surface area (Å²) in [5.74, 6) is 2.33. The predicted octanol–water partition coefficient (Wildman–Crippen LogP) is 4.36. The average molecular weight is 441 g/mol. The zero-order valence-corrected chi connectivity index (χ0v) is 17.7. The monoisotopic (exact) mass is 441 g/mol. The Morgan fingerprint density at radius 1 is 0.970 bits per heavy atom. The van der Waals surface area contributed by atoms with Gasteiger partial charge < -0.3 is 9.42 Å². The molecule has 0 saturated carbocycles. The van der Waals surface area contributed by atoms with Crippen LogP contribution in [0.25, 0.3) is 28.4 Å². The van der Waals surface area contributed by atoms with Crippen LogP contribution in [0.5, 0.6) is 0 Å². The lowest BCUT2D eigenvalue weighted by atomic mass is 9.98. The highest BCUT2D eigenvalue weighted by Crippen LogP contribution is 2.32. The molecule has 1 fully saturated rings. The second kappa shape index (κ2) is 8.09. The summed E-state index contributed by atoms with van der Waals surface area (Å²) in [5, 5.41) is 8.52. The van der Waals surface area contributed by atoms with E-state index in [1.807, 2.05) is 30.3 Å². The molecule has 5 aromatic rings. The molecule has 2 aromatic carbocycles. The molecule has 4 heterocycles. The summed E-state index contributed by atoms with van der Waals surface area (Å²) in [6.45, 7) is 1.58. The van der Waals surface area contributed by atoms with E-state index in [0.717, 1.165) is 42.0 Å². The lowest BCUT2D eigenvalue weighted by Gasteiger charge is -2.32. The second-order valence-electron chi connectivity index (χ2n) is 8.09. The normalized spacial score (nSPS) is 16.4. The lowest BCUT2D eigenvalue weighted by Crippen LogP contribution is -2.36. The molecule has 9 heteroatoms. The minimum atomic E-state index is -0.294. The summed E-state index contributed by atoms with van der Waals surface area (Å²) in [7, 11) is 0. The van der Waals surface area contributed by atoms with Crippen LogP contribution in [-0.2, 0) is 0 Å². The molecule has 1 aliphatic heterocycles. The quantitative estimate of drug-likeness (QED) is 0.409. The number of halogens is 1. The Kier molecular flexibility index (Phi) is 4.79. The van der Waals surface area contributed by atoms with Gasteiger partial charge in [0, 0.05) is 30.3 Å². The number of rotatable bonds is 4. The van der Waals surface area contributed by atoms with Crippen molar-refractivity contribution in [1.82, 2.24) is 29.7 Å². The highest BCUT2D eigenvalue weighted by molar-refractivity contribution is 5.66. The Labute approximate surface area is 188 Å². The van der Waals surface area contributed by atoms with Crippen LogP contribution in [0, 0.1) is 5.82 Å². The van der Waals surface area contributed by atoms with E-state index in [4.69, 9.17) is 4.52 Å². The number of hydrogen-bond acceptors (Lipinski definition) is 7. The minimum absolute atomic E-state index is 0.0763. The van der Waals surface area contributed by atoms with E-state index in [2.05, 4.69) is 36.2 Å². The number of fused-ring (bicyclic) bond motifs is 1. The number of hydrogen-bond donors (Lipinski definition) is 0. The maximum absolute atomic E-state index is 13.2. The molecule has 0 radical (unpaired) electrons. The molecule has 0 amide bonds. The molecule has 8 nitrogen and oxygen atoms in total. The van der Waals surface area contributed by atoms with Crippen LogP contribution in [0.15, 0.2) is 71.5 Å². The molecule has 0 spiro atoms. The molecule has 3 aromatic heterocycles.